The van der Waals surface area contributed by atoms with Crippen molar-refractivity contribution in [3.05, 3.63) is 35.9 Å². The molecule has 432 valence electrons. The van der Waals surface area contributed by atoms with Gasteiger partial charge in [-0.15, -0.1) is 0 Å². The summed E-state index contributed by atoms with van der Waals surface area (Å²) in [5.41, 5.74) is 40.4. The highest BCUT2D eigenvalue weighted by atomic mass is 16.4. The number of aliphatic hydroxyl groups excluding tert-OH is 6. The second-order valence-electron chi connectivity index (χ2n) is 14.3. The molecular formula is C42H92N8O22. The van der Waals surface area contributed by atoms with E-state index < -0.39 is 90.7 Å². The molecule has 0 bridgehead atoms. The van der Waals surface area contributed by atoms with Crippen LogP contribution in [0.15, 0.2) is 30.3 Å². The van der Waals surface area contributed by atoms with Gasteiger partial charge in [0.05, 0.1) is 39.0 Å². The molecule has 0 fully saturated rings. The number of benzene rings is 1. The average molecular weight is 1060 g/mol. The van der Waals surface area contributed by atoms with E-state index in [-0.39, 0.29) is 26.2 Å². The van der Waals surface area contributed by atoms with E-state index in [9.17, 15) is 38.4 Å². The Balaban J connectivity index is -0.0000000647. The molecule has 1 rings (SSSR count). The summed E-state index contributed by atoms with van der Waals surface area (Å²) in [5.74, 6) is -6.71. The Kier molecular flexibility index (Phi) is 89.6. The van der Waals surface area contributed by atoms with Gasteiger partial charge in [0.15, 0.2) is 0 Å². The Morgan fingerprint density at radius 2 is 0.597 bits per heavy atom. The maximum Gasteiger partial charge on any atom is 0.322 e. The molecule has 30 N–H and O–H groups in total. The van der Waals surface area contributed by atoms with Crippen molar-refractivity contribution in [2.75, 3.05) is 54.2 Å². The molecule has 30 heteroatoms. The van der Waals surface area contributed by atoms with Gasteiger partial charge in [0.25, 0.3) is 0 Å². The summed E-state index contributed by atoms with van der Waals surface area (Å²) in [4.78, 5) is 78.1. The second-order valence-corrected chi connectivity index (χ2v) is 14.3. The zero-order valence-corrected chi connectivity index (χ0v) is 43.1. The van der Waals surface area contributed by atoms with Crippen LogP contribution in [-0.4, -0.2) is 210 Å². The van der Waals surface area contributed by atoms with E-state index >= 15 is 0 Å². The van der Waals surface area contributed by atoms with E-state index in [1.807, 2.05) is 71.9 Å². The first-order valence-electron chi connectivity index (χ1n) is 21.0. The zero-order chi connectivity index (χ0) is 60.3. The number of aliphatic carboxylic acids is 8. The third-order valence-electron chi connectivity index (χ3n) is 6.05. The average Bonchev–Trinajstić information content (AvgIpc) is 3.31. The van der Waals surface area contributed by atoms with Gasteiger partial charge in [0, 0.05) is 21.3 Å². The first-order valence-corrected chi connectivity index (χ1v) is 21.0. The second kappa shape index (κ2) is 69.7. The molecule has 1 aromatic carbocycles. The van der Waals surface area contributed by atoms with E-state index in [1.165, 1.54) is 6.92 Å². The number of aliphatic hydroxyl groups is 6. The fourth-order valence-electron chi connectivity index (χ4n) is 2.86. The molecule has 1 unspecified atom stereocenters. The highest BCUT2D eigenvalue weighted by Crippen LogP contribution is 2.03. The lowest BCUT2D eigenvalue weighted by atomic mass is 10.1. The maximum absolute atomic E-state index is 10.4. The Labute approximate surface area is 421 Å². The molecule has 72 heavy (non-hydrogen) atoms. The summed E-state index contributed by atoms with van der Waals surface area (Å²) in [7, 11) is 3.00. The Hall–Kier alpha value is -5.58. The first-order chi connectivity index (χ1) is 33.1. The predicted octanol–water partition coefficient (Wildman–Crippen LogP) is -4.36. The Bertz CT molecular complexity index is 1310. The minimum atomic E-state index is -1.18. The molecule has 0 amide bonds. The van der Waals surface area contributed by atoms with Crippen molar-refractivity contribution in [2.45, 2.75) is 110 Å². The van der Waals surface area contributed by atoms with Gasteiger partial charge in [-0.05, 0) is 55.9 Å². The molecule has 6 atom stereocenters. The number of nitrogens with two attached hydrogens (primary N) is 8. The molecule has 0 aliphatic carbocycles. The molecular weight excluding hydrogens is 968 g/mol. The van der Waals surface area contributed by atoms with Crippen molar-refractivity contribution < 1.29 is 110 Å². The molecule has 0 aliphatic rings. The summed E-state index contributed by atoms with van der Waals surface area (Å²) < 4.78 is 0. The van der Waals surface area contributed by atoms with Gasteiger partial charge in [-0.2, -0.15) is 0 Å². The molecule has 0 radical (unpaired) electrons. The minimum Gasteiger partial charge on any atom is -0.480 e. The zero-order valence-electron chi connectivity index (χ0n) is 43.1. The van der Waals surface area contributed by atoms with Gasteiger partial charge in [0.2, 0.25) is 0 Å². The number of hydrogen-bond donors (Lipinski definition) is 22. The maximum atomic E-state index is 10.4. The lowest BCUT2D eigenvalue weighted by Crippen LogP contribution is -2.33. The highest BCUT2D eigenvalue weighted by molar-refractivity contribution is 5.74. The predicted molar refractivity (Wildman–Crippen MR) is 267 cm³/mol. The van der Waals surface area contributed by atoms with Gasteiger partial charge in [-0.1, -0.05) is 71.9 Å². The molecule has 0 saturated heterocycles. The summed E-state index contributed by atoms with van der Waals surface area (Å²) in [6.07, 6.45) is 1.48. The van der Waals surface area contributed by atoms with Gasteiger partial charge in [-0.3, -0.25) is 38.4 Å². The summed E-state index contributed by atoms with van der Waals surface area (Å²) >= 11 is 0. The van der Waals surface area contributed by atoms with Crippen molar-refractivity contribution in [3.63, 3.8) is 0 Å². The van der Waals surface area contributed by atoms with Crippen LogP contribution in [0.5, 0.6) is 0 Å². The molecule has 0 heterocycles. The van der Waals surface area contributed by atoms with E-state index in [1.54, 1.807) is 0 Å². The fourth-order valence-corrected chi connectivity index (χ4v) is 2.86. The standard InChI is InChI=1S/C9H11NO2.3C6H13NO2.C3H7NO3.C3H8O2.3C2H5NO2.3CH4O/c10-8(9(11)12)6-7-4-2-1-3-5-7;3*1-4(2)3-5(7)6(8)9;4-2(1-5)3(6)7;1-3(5)2-4;3*3-1-2(4)5;3*1-2/h1-5,8H,6,10H2,(H,11,12);3*4-5H,3,7H2,1-2H3,(H,8,9);2,5H,1,4H2,(H,6,7);3-5H,2H2,1H3;3*1,3H2,(H,4,5);3*2H,1H3/t8-;3*5-;2-;;;;;;;/m00000......./s1. The fraction of sp³-hybridized carbons (Fsp3) is 0.667. The first kappa shape index (κ1) is 92.6. The normalized spacial score (nSPS) is 11.4. The van der Waals surface area contributed by atoms with E-state index in [0.29, 0.717) is 43.4 Å². The lowest BCUT2D eigenvalue weighted by Gasteiger charge is -2.07. The number of hydrogen-bond acceptors (Lipinski definition) is 22. The van der Waals surface area contributed by atoms with Gasteiger partial charge in [0.1, 0.15) is 30.2 Å². The van der Waals surface area contributed by atoms with Crippen molar-refractivity contribution in [3.8, 4) is 0 Å². The summed E-state index contributed by atoms with van der Waals surface area (Å²) in [6, 6.07) is 5.35. The van der Waals surface area contributed by atoms with Crippen LogP contribution in [0.2, 0.25) is 0 Å². The summed E-state index contributed by atoms with van der Waals surface area (Å²) in [6.45, 7) is 11.7. The van der Waals surface area contributed by atoms with E-state index in [2.05, 4.69) is 17.2 Å². The van der Waals surface area contributed by atoms with E-state index in [4.69, 9.17) is 100 Å². The van der Waals surface area contributed by atoms with Crippen molar-refractivity contribution in [2.24, 2.45) is 63.6 Å². The lowest BCUT2D eigenvalue weighted by molar-refractivity contribution is -0.140. The monoisotopic (exact) mass is 1060 g/mol. The minimum absolute atomic E-state index is 0.139. The molecule has 30 nitrogen and oxygen atoms in total. The van der Waals surface area contributed by atoms with Crippen LogP contribution in [0.3, 0.4) is 0 Å². The Morgan fingerprint density at radius 3 is 0.694 bits per heavy atom. The van der Waals surface area contributed by atoms with Crippen LogP contribution in [0.4, 0.5) is 0 Å². The molecule has 0 saturated carbocycles. The number of carboxylic acids is 8. The van der Waals surface area contributed by atoms with Crippen LogP contribution >= 0.6 is 0 Å². The smallest absolute Gasteiger partial charge is 0.322 e. The van der Waals surface area contributed by atoms with Gasteiger partial charge < -0.3 is 117 Å². The molecule has 0 aliphatic heterocycles. The SMILES string of the molecule is CC(C)C[C@H](N)C(=O)O.CC(C)C[C@H](N)C(=O)O.CC(C)C[C@H](N)C(=O)O.CC(O)CO.CO.CO.CO.NCC(=O)O.NCC(=O)O.NCC(=O)O.N[C@@H](CO)C(=O)O.N[C@@H](Cc1ccccc1)C(=O)O. The quantitative estimate of drug-likeness (QED) is 0.0660. The van der Waals surface area contributed by atoms with Crippen LogP contribution in [-0.2, 0) is 44.8 Å². The van der Waals surface area contributed by atoms with E-state index in [0.717, 1.165) is 26.9 Å². The van der Waals surface area contributed by atoms with Crippen LogP contribution in [0.1, 0.15) is 73.3 Å². The van der Waals surface area contributed by atoms with Crippen LogP contribution in [0.25, 0.3) is 0 Å². The third-order valence-corrected chi connectivity index (χ3v) is 6.05. The highest BCUT2D eigenvalue weighted by Gasteiger charge is 2.14. The molecule has 1 aromatic rings. The van der Waals surface area contributed by atoms with Gasteiger partial charge in [-0.25, -0.2) is 0 Å². The number of carbonyl (C=O) groups is 8. The topological polar surface area (TPSA) is 628 Å². The molecule has 0 aromatic heterocycles. The van der Waals surface area contributed by atoms with Crippen molar-refractivity contribution in [1.82, 2.24) is 0 Å². The van der Waals surface area contributed by atoms with Crippen LogP contribution < -0.4 is 45.9 Å². The molecule has 0 spiro atoms. The van der Waals surface area contributed by atoms with Crippen molar-refractivity contribution >= 4 is 47.8 Å². The number of rotatable bonds is 18. The largest absolute Gasteiger partial charge is 0.480 e. The van der Waals surface area contributed by atoms with Crippen LogP contribution in [0, 0.1) is 17.8 Å². The van der Waals surface area contributed by atoms with Gasteiger partial charge >= 0.3 is 47.8 Å². The number of carboxylic acid groups (broad SMARTS) is 8. The third kappa shape index (κ3) is 111. The van der Waals surface area contributed by atoms with Crippen molar-refractivity contribution in [1.29, 1.82) is 0 Å². The summed E-state index contributed by atoms with van der Waals surface area (Å²) in [5, 5.41) is 109. The Morgan fingerprint density at radius 1 is 0.403 bits per heavy atom.